The van der Waals surface area contributed by atoms with Crippen LogP contribution in [0, 0.1) is 0 Å². The average Bonchev–Trinajstić information content (AvgIpc) is 3.09. The molecule has 0 aliphatic carbocycles. The van der Waals surface area contributed by atoms with E-state index in [-0.39, 0.29) is 5.75 Å². The normalized spacial score (nSPS) is 11.3. The molecule has 0 amide bonds. The third kappa shape index (κ3) is 3.24. The van der Waals surface area contributed by atoms with Crippen LogP contribution in [0.25, 0.3) is 21.3 Å². The summed E-state index contributed by atoms with van der Waals surface area (Å²) in [5.74, 6) is 0.774. The molecule has 0 spiro atoms. The van der Waals surface area contributed by atoms with Gasteiger partial charge in [-0.25, -0.2) is 9.97 Å². The molecule has 2 aromatic carbocycles. The number of nitrogens with one attached hydrogen (secondary N) is 1. The lowest BCUT2D eigenvalue weighted by Crippen LogP contribution is -1.95. The van der Waals surface area contributed by atoms with Crippen molar-refractivity contribution in [1.29, 1.82) is 0 Å². The fourth-order valence-electron chi connectivity index (χ4n) is 2.56. The SMILES string of the molecule is Oc1ccccc1/C=N\Nc1ncnc2scc(-c3ccc(Cl)cc3)c12. The van der Waals surface area contributed by atoms with Gasteiger partial charge in [0.25, 0.3) is 0 Å². The molecule has 0 radical (unpaired) electrons. The standard InChI is InChI=1S/C19H13ClN4OS/c20-14-7-5-12(6-8-14)15-10-26-19-17(15)18(21-11-22-19)24-23-9-13-3-1-2-4-16(13)25/h1-11,25H,(H,21,22,24)/b23-9-. The Morgan fingerprint density at radius 1 is 1.08 bits per heavy atom. The second kappa shape index (κ2) is 7.11. The largest absolute Gasteiger partial charge is 0.507 e. The summed E-state index contributed by atoms with van der Waals surface area (Å²) in [5, 5.41) is 17.6. The fraction of sp³-hybridized carbons (Fsp3) is 0. The molecule has 0 aliphatic heterocycles. The van der Waals surface area contributed by atoms with E-state index in [4.69, 9.17) is 11.6 Å². The molecular weight excluding hydrogens is 368 g/mol. The van der Waals surface area contributed by atoms with Crippen molar-refractivity contribution in [3.8, 4) is 16.9 Å². The van der Waals surface area contributed by atoms with Gasteiger partial charge in [0.2, 0.25) is 0 Å². The Hall–Kier alpha value is -2.96. The molecule has 2 aromatic heterocycles. The number of phenols is 1. The topological polar surface area (TPSA) is 70.4 Å². The highest BCUT2D eigenvalue weighted by atomic mass is 35.5. The zero-order valence-corrected chi connectivity index (χ0v) is 15.0. The zero-order valence-electron chi connectivity index (χ0n) is 13.4. The van der Waals surface area contributed by atoms with Gasteiger partial charge >= 0.3 is 0 Å². The van der Waals surface area contributed by atoms with E-state index in [2.05, 4.69) is 20.5 Å². The minimum absolute atomic E-state index is 0.170. The highest BCUT2D eigenvalue weighted by molar-refractivity contribution is 7.17. The number of hydrogen-bond donors (Lipinski definition) is 2. The molecule has 2 heterocycles. The quantitative estimate of drug-likeness (QED) is 0.379. The summed E-state index contributed by atoms with van der Waals surface area (Å²) in [4.78, 5) is 9.52. The highest BCUT2D eigenvalue weighted by Gasteiger charge is 2.12. The van der Waals surface area contributed by atoms with Gasteiger partial charge in [0.15, 0.2) is 5.82 Å². The number of hydrogen-bond acceptors (Lipinski definition) is 6. The van der Waals surface area contributed by atoms with E-state index < -0.39 is 0 Å². The number of benzene rings is 2. The van der Waals surface area contributed by atoms with Crippen molar-refractivity contribution in [1.82, 2.24) is 9.97 Å². The summed E-state index contributed by atoms with van der Waals surface area (Å²) in [6.07, 6.45) is 3.06. The molecule has 0 saturated carbocycles. The van der Waals surface area contributed by atoms with Crippen molar-refractivity contribution in [3.63, 3.8) is 0 Å². The predicted molar refractivity (Wildman–Crippen MR) is 107 cm³/mol. The van der Waals surface area contributed by atoms with Crippen LogP contribution in [0.3, 0.4) is 0 Å². The molecule has 0 bridgehead atoms. The molecule has 4 aromatic rings. The fourth-order valence-corrected chi connectivity index (χ4v) is 3.60. The zero-order chi connectivity index (χ0) is 17.9. The second-order valence-electron chi connectivity index (χ2n) is 5.49. The van der Waals surface area contributed by atoms with Gasteiger partial charge in [0, 0.05) is 21.5 Å². The molecule has 128 valence electrons. The van der Waals surface area contributed by atoms with Crippen LogP contribution >= 0.6 is 22.9 Å². The van der Waals surface area contributed by atoms with Crippen molar-refractivity contribution < 1.29 is 5.11 Å². The van der Waals surface area contributed by atoms with Gasteiger partial charge in [-0.3, -0.25) is 5.43 Å². The van der Waals surface area contributed by atoms with Crippen LogP contribution in [0.15, 0.2) is 65.3 Å². The van der Waals surface area contributed by atoms with Crippen LogP contribution in [-0.2, 0) is 0 Å². The van der Waals surface area contributed by atoms with E-state index in [1.807, 2.05) is 35.7 Å². The number of phenolic OH excluding ortho intramolecular Hbond substituents is 1. The van der Waals surface area contributed by atoms with Crippen molar-refractivity contribution in [2.24, 2.45) is 5.10 Å². The van der Waals surface area contributed by atoms with Crippen LogP contribution in [0.2, 0.25) is 5.02 Å². The molecule has 4 rings (SSSR count). The lowest BCUT2D eigenvalue weighted by atomic mass is 10.1. The number of thiophene rings is 1. The second-order valence-corrected chi connectivity index (χ2v) is 6.78. The number of para-hydroxylation sites is 1. The van der Waals surface area contributed by atoms with E-state index >= 15 is 0 Å². The maximum Gasteiger partial charge on any atom is 0.159 e. The van der Waals surface area contributed by atoms with Crippen molar-refractivity contribution in [2.75, 3.05) is 5.43 Å². The van der Waals surface area contributed by atoms with Crippen molar-refractivity contribution in [3.05, 3.63) is 70.8 Å². The number of aromatic hydroxyl groups is 1. The van der Waals surface area contributed by atoms with Gasteiger partial charge in [0.1, 0.15) is 16.9 Å². The highest BCUT2D eigenvalue weighted by Crippen LogP contribution is 2.36. The molecule has 0 fully saturated rings. The maximum absolute atomic E-state index is 9.81. The van der Waals surface area contributed by atoms with Crippen LogP contribution in [-0.4, -0.2) is 21.3 Å². The lowest BCUT2D eigenvalue weighted by Gasteiger charge is -2.05. The monoisotopic (exact) mass is 380 g/mol. The van der Waals surface area contributed by atoms with Gasteiger partial charge in [-0.2, -0.15) is 5.10 Å². The number of rotatable bonds is 4. The third-order valence-corrected chi connectivity index (χ3v) is 4.97. The minimum Gasteiger partial charge on any atom is -0.507 e. The van der Waals surface area contributed by atoms with Crippen LogP contribution in [0.1, 0.15) is 5.56 Å². The predicted octanol–water partition coefficient (Wildman–Crippen LogP) is 5.16. The molecule has 2 N–H and O–H groups in total. The number of fused-ring (bicyclic) bond motifs is 1. The Morgan fingerprint density at radius 2 is 1.88 bits per heavy atom. The lowest BCUT2D eigenvalue weighted by molar-refractivity contribution is 0.474. The molecule has 7 heteroatoms. The molecular formula is C19H13ClN4OS. The van der Waals surface area contributed by atoms with Gasteiger partial charge in [-0.05, 0) is 29.8 Å². The van der Waals surface area contributed by atoms with Crippen LogP contribution in [0.4, 0.5) is 5.82 Å². The van der Waals surface area contributed by atoms with E-state index in [1.165, 1.54) is 6.33 Å². The molecule has 0 aliphatic rings. The first-order chi connectivity index (χ1) is 12.7. The number of anilines is 1. The van der Waals surface area contributed by atoms with Gasteiger partial charge in [-0.15, -0.1) is 11.3 Å². The van der Waals surface area contributed by atoms with Crippen molar-refractivity contribution in [2.45, 2.75) is 0 Å². The van der Waals surface area contributed by atoms with Gasteiger partial charge in [0.05, 0.1) is 11.6 Å². The Labute approximate surface area is 158 Å². The first-order valence-corrected chi connectivity index (χ1v) is 9.03. The summed E-state index contributed by atoms with van der Waals surface area (Å²) in [5.41, 5.74) is 5.62. The number of hydrazone groups is 1. The van der Waals surface area contributed by atoms with E-state index in [0.717, 1.165) is 21.3 Å². The summed E-state index contributed by atoms with van der Waals surface area (Å²) < 4.78 is 0. The summed E-state index contributed by atoms with van der Waals surface area (Å²) in [7, 11) is 0. The molecule has 0 atom stereocenters. The summed E-state index contributed by atoms with van der Waals surface area (Å²) in [6.45, 7) is 0. The number of nitrogens with zero attached hydrogens (tertiary/aromatic N) is 3. The molecule has 0 saturated heterocycles. The van der Waals surface area contributed by atoms with E-state index in [9.17, 15) is 5.11 Å². The third-order valence-electron chi connectivity index (χ3n) is 3.84. The minimum atomic E-state index is 0.170. The summed E-state index contributed by atoms with van der Waals surface area (Å²) >= 11 is 7.53. The average molecular weight is 381 g/mol. The number of halogens is 1. The first-order valence-electron chi connectivity index (χ1n) is 7.77. The Kier molecular flexibility index (Phi) is 4.51. The smallest absolute Gasteiger partial charge is 0.159 e. The Bertz CT molecular complexity index is 1090. The van der Waals surface area contributed by atoms with E-state index in [0.29, 0.717) is 16.4 Å². The molecule has 5 nitrogen and oxygen atoms in total. The van der Waals surface area contributed by atoms with Gasteiger partial charge in [-0.1, -0.05) is 35.9 Å². The maximum atomic E-state index is 9.81. The molecule has 0 unspecified atom stereocenters. The molecule has 26 heavy (non-hydrogen) atoms. The van der Waals surface area contributed by atoms with Crippen LogP contribution < -0.4 is 5.43 Å². The van der Waals surface area contributed by atoms with E-state index in [1.54, 1.807) is 35.8 Å². The number of aromatic nitrogens is 2. The van der Waals surface area contributed by atoms with Crippen molar-refractivity contribution >= 4 is 45.2 Å². The Morgan fingerprint density at radius 3 is 2.69 bits per heavy atom. The Balaban J connectivity index is 1.70. The van der Waals surface area contributed by atoms with Crippen LogP contribution in [0.5, 0.6) is 5.75 Å². The van der Waals surface area contributed by atoms with Gasteiger partial charge < -0.3 is 5.11 Å². The summed E-state index contributed by atoms with van der Waals surface area (Å²) in [6, 6.07) is 14.6. The first kappa shape index (κ1) is 16.5.